The predicted molar refractivity (Wildman–Crippen MR) is 103 cm³/mol. The van der Waals surface area contributed by atoms with Crippen LogP contribution in [0.1, 0.15) is 0 Å². The molecule has 2 N–H and O–H groups in total. The number of rotatable bonds is 2. The molecule has 138 valence electrons. The Morgan fingerprint density at radius 3 is 2.57 bits per heavy atom. The molecule has 0 aliphatic carbocycles. The van der Waals surface area contributed by atoms with Crippen LogP contribution < -0.4 is 11.2 Å². The number of nitrogens with zero attached hydrogens (tertiary/aromatic N) is 5. The number of hydrogen-bond donors (Lipinski definition) is 2. The highest BCUT2D eigenvalue weighted by atomic mass is 35.5. The van der Waals surface area contributed by atoms with Crippen LogP contribution in [0.25, 0.3) is 27.3 Å². The van der Waals surface area contributed by atoms with Gasteiger partial charge in [-0.25, -0.2) is 9.78 Å². The number of H-pyrrole nitrogens is 1. The number of aromatic amines is 1. The first kappa shape index (κ1) is 17.8. The summed E-state index contributed by atoms with van der Waals surface area (Å²) >= 11 is 12.8. The molecule has 0 amide bonds. The molecule has 1 aromatic carbocycles. The molecule has 0 saturated carbocycles. The van der Waals surface area contributed by atoms with Gasteiger partial charge in [-0.3, -0.25) is 14.3 Å². The van der Waals surface area contributed by atoms with Gasteiger partial charge >= 0.3 is 11.5 Å². The maximum Gasteiger partial charge on any atom is 0.365 e. The molecule has 11 heteroatoms. The monoisotopic (exact) mass is 414 g/mol. The number of nitrogens with one attached hydrogen (secondary N) is 1. The Kier molecular flexibility index (Phi) is 4.15. The van der Waals surface area contributed by atoms with E-state index in [1.54, 1.807) is 22.9 Å². The molecule has 0 unspecified atom stereocenters. The third-order valence-electron chi connectivity index (χ3n) is 3.92. The van der Waals surface area contributed by atoms with Crippen LogP contribution >= 0.6 is 23.2 Å². The second-order valence-corrected chi connectivity index (χ2v) is 6.47. The average Bonchev–Trinajstić information content (AvgIpc) is 3.04. The fourth-order valence-electron chi connectivity index (χ4n) is 2.74. The molecule has 0 bridgehead atoms. The van der Waals surface area contributed by atoms with Gasteiger partial charge in [0.25, 0.3) is 5.56 Å². The van der Waals surface area contributed by atoms with Gasteiger partial charge in [-0.2, -0.15) is 0 Å². The molecule has 4 aromatic rings. The van der Waals surface area contributed by atoms with Gasteiger partial charge in [0, 0.05) is 11.6 Å². The van der Waals surface area contributed by atoms with Crippen molar-refractivity contribution in [1.29, 1.82) is 0 Å². The number of aromatic nitrogens is 5. The Morgan fingerprint density at radius 2 is 1.89 bits per heavy atom. The largest absolute Gasteiger partial charge is 0.506 e. The quantitative estimate of drug-likeness (QED) is 0.490. The summed E-state index contributed by atoms with van der Waals surface area (Å²) in [5.74, 6) is -0.465. The fourth-order valence-corrected chi connectivity index (χ4v) is 3.39. The van der Waals surface area contributed by atoms with Gasteiger partial charge in [-0.15, -0.1) is 4.68 Å². The van der Waals surface area contributed by atoms with Crippen molar-refractivity contribution < 1.29 is 5.11 Å². The summed E-state index contributed by atoms with van der Waals surface area (Å²) < 4.78 is 2.47. The topological polar surface area (TPSA) is 110 Å². The van der Waals surface area contributed by atoms with E-state index in [1.807, 2.05) is 4.98 Å². The van der Waals surface area contributed by atoms with Crippen LogP contribution in [0.2, 0.25) is 10.0 Å². The van der Waals surface area contributed by atoms with Crippen LogP contribution in [0.15, 0.2) is 46.2 Å². The van der Waals surface area contributed by atoms with Gasteiger partial charge in [-0.1, -0.05) is 29.8 Å². The molecule has 0 saturated heterocycles. The van der Waals surface area contributed by atoms with E-state index in [-0.39, 0.29) is 21.5 Å². The van der Waals surface area contributed by atoms with E-state index in [0.29, 0.717) is 16.7 Å². The second-order valence-electron chi connectivity index (χ2n) is 5.66. The van der Waals surface area contributed by atoms with E-state index >= 15 is 0 Å². The Hall–Kier alpha value is -3.61. The molecule has 0 aliphatic heterocycles. The first-order valence-corrected chi connectivity index (χ1v) is 8.41. The molecule has 0 atom stereocenters. The van der Waals surface area contributed by atoms with E-state index < -0.39 is 17.1 Å². The lowest BCUT2D eigenvalue weighted by Crippen LogP contribution is -2.30. The molecule has 0 radical (unpaired) electrons. The predicted octanol–water partition coefficient (Wildman–Crippen LogP) is 2.82. The third-order valence-corrected chi connectivity index (χ3v) is 4.49. The van der Waals surface area contributed by atoms with Crippen LogP contribution in [0, 0.1) is 6.57 Å². The van der Waals surface area contributed by atoms with Gasteiger partial charge in [0.1, 0.15) is 11.4 Å². The van der Waals surface area contributed by atoms with Crippen molar-refractivity contribution in [2.24, 2.45) is 0 Å². The lowest BCUT2D eigenvalue weighted by Gasteiger charge is -2.11. The summed E-state index contributed by atoms with van der Waals surface area (Å²) in [5.41, 5.74) is -0.613. The van der Waals surface area contributed by atoms with E-state index in [1.165, 1.54) is 18.3 Å². The Bertz CT molecular complexity index is 1390. The minimum absolute atomic E-state index is 0.0249. The SMILES string of the molecule is [C-]#[N+]c1nn(-c2cc(Cl)c(-n3ccc4cc(O)cnc43)c(Cl)c2)c(=O)[nH]c1=O. The lowest BCUT2D eigenvalue weighted by molar-refractivity contribution is 0.474. The highest BCUT2D eigenvalue weighted by Crippen LogP contribution is 2.34. The van der Waals surface area contributed by atoms with E-state index in [4.69, 9.17) is 29.8 Å². The van der Waals surface area contributed by atoms with Crippen LogP contribution in [0.5, 0.6) is 5.75 Å². The standard InChI is InChI=1S/C17H8Cl2N6O3/c1-20-14-16(27)22-17(28)25(23-14)9-5-11(18)13(12(19)6-9)24-3-2-8-4-10(26)7-21-15(8)24/h2-7,26H,(H,22,27,28). The lowest BCUT2D eigenvalue weighted by atomic mass is 10.2. The van der Waals surface area contributed by atoms with Gasteiger partial charge in [-0.05, 0) is 29.4 Å². The minimum atomic E-state index is -0.877. The summed E-state index contributed by atoms with van der Waals surface area (Å²) in [4.78, 5) is 32.8. The first-order chi connectivity index (χ1) is 13.4. The van der Waals surface area contributed by atoms with Crippen molar-refractivity contribution in [2.75, 3.05) is 0 Å². The summed E-state index contributed by atoms with van der Waals surface area (Å²) in [5, 5.41) is 14.3. The highest BCUT2D eigenvalue weighted by molar-refractivity contribution is 6.38. The number of pyridine rings is 1. The maximum absolute atomic E-state index is 12.1. The van der Waals surface area contributed by atoms with Gasteiger partial charge in [0.2, 0.25) is 0 Å². The summed E-state index contributed by atoms with van der Waals surface area (Å²) in [6, 6.07) is 6.13. The maximum atomic E-state index is 12.1. The normalized spacial score (nSPS) is 10.9. The van der Waals surface area contributed by atoms with Crippen molar-refractivity contribution in [1.82, 2.24) is 24.3 Å². The molecule has 9 nitrogen and oxygen atoms in total. The van der Waals surface area contributed by atoms with Crippen LogP contribution in [-0.2, 0) is 0 Å². The second kappa shape index (κ2) is 6.53. The van der Waals surface area contributed by atoms with Gasteiger partial charge in [0.15, 0.2) is 0 Å². The molecular weight excluding hydrogens is 407 g/mol. The zero-order valence-corrected chi connectivity index (χ0v) is 15.2. The molecule has 28 heavy (non-hydrogen) atoms. The van der Waals surface area contributed by atoms with E-state index in [0.717, 1.165) is 4.68 Å². The fraction of sp³-hybridized carbons (Fsp3) is 0. The average molecular weight is 415 g/mol. The molecule has 3 aromatic heterocycles. The number of aromatic hydroxyl groups is 1. The highest BCUT2D eigenvalue weighted by Gasteiger charge is 2.17. The Morgan fingerprint density at radius 1 is 1.18 bits per heavy atom. The zero-order valence-electron chi connectivity index (χ0n) is 13.7. The van der Waals surface area contributed by atoms with E-state index in [2.05, 4.69) is 14.9 Å². The van der Waals surface area contributed by atoms with Crippen LogP contribution in [0.3, 0.4) is 0 Å². The van der Waals surface area contributed by atoms with Crippen LogP contribution in [-0.4, -0.2) is 29.4 Å². The van der Waals surface area contributed by atoms with E-state index in [9.17, 15) is 14.7 Å². The molecular formula is C17H8Cl2N6O3. The number of hydrogen-bond acceptors (Lipinski definition) is 5. The van der Waals surface area contributed by atoms with Crippen molar-refractivity contribution in [3.05, 3.63) is 79.0 Å². The van der Waals surface area contributed by atoms with Crippen LogP contribution in [0.4, 0.5) is 5.82 Å². The summed E-state index contributed by atoms with van der Waals surface area (Å²) in [6.07, 6.45) is 2.98. The van der Waals surface area contributed by atoms with Crippen molar-refractivity contribution in [3.8, 4) is 17.1 Å². The van der Waals surface area contributed by atoms with Gasteiger partial charge in [0.05, 0.1) is 27.6 Å². The molecule has 3 heterocycles. The third kappa shape index (κ3) is 2.81. The van der Waals surface area contributed by atoms with Crippen molar-refractivity contribution in [3.63, 3.8) is 0 Å². The summed E-state index contributed by atoms with van der Waals surface area (Å²) in [6.45, 7) is 6.97. The molecule has 0 fully saturated rings. The Labute approximate surface area is 165 Å². The first-order valence-electron chi connectivity index (χ1n) is 7.66. The number of fused-ring (bicyclic) bond motifs is 1. The number of benzene rings is 1. The van der Waals surface area contributed by atoms with Gasteiger partial charge < -0.3 is 9.95 Å². The van der Waals surface area contributed by atoms with Crippen molar-refractivity contribution >= 4 is 40.1 Å². The molecule has 4 rings (SSSR count). The smallest absolute Gasteiger partial charge is 0.365 e. The Balaban J connectivity index is 1.92. The number of halogens is 2. The zero-order chi connectivity index (χ0) is 20.0. The minimum Gasteiger partial charge on any atom is -0.506 e. The van der Waals surface area contributed by atoms with Crippen molar-refractivity contribution in [2.45, 2.75) is 0 Å². The molecule has 0 aliphatic rings. The molecule has 0 spiro atoms. The summed E-state index contributed by atoms with van der Waals surface area (Å²) in [7, 11) is 0.